The van der Waals surface area contributed by atoms with E-state index in [-0.39, 0.29) is 5.75 Å². The van der Waals surface area contributed by atoms with E-state index in [1.54, 1.807) is 37.6 Å². The van der Waals surface area contributed by atoms with E-state index >= 15 is 0 Å². The van der Waals surface area contributed by atoms with Crippen molar-refractivity contribution in [1.82, 2.24) is 15.6 Å². The molecule has 0 saturated carbocycles. The Morgan fingerprint density at radius 2 is 2.31 bits per heavy atom. The molecule has 1 aliphatic rings. The van der Waals surface area contributed by atoms with Crippen LogP contribution in [0.2, 0.25) is 0 Å². The molecule has 2 N–H and O–H groups in total. The van der Waals surface area contributed by atoms with Crippen LogP contribution >= 0.6 is 11.8 Å². The molecule has 1 aliphatic heterocycles. The standard InChI is InChI=1S/C19H23FN4OS/c1-21-19(24-13-16-5-3-9-26-16)23-11-14-6-7-18(17(20)10-14)25-15-4-2-8-22-12-15/h2,4,6-8,10,12,16H,3,5,9,11,13H2,1H3,(H2,21,23,24). The number of nitrogens with zero attached hydrogens (tertiary/aromatic N) is 2. The maximum absolute atomic E-state index is 14.3. The van der Waals surface area contributed by atoms with Crippen molar-refractivity contribution in [3.8, 4) is 11.5 Å². The minimum atomic E-state index is -0.404. The molecule has 1 atom stereocenters. The molecule has 138 valence electrons. The fraction of sp³-hybridized carbons (Fsp3) is 0.368. The molecule has 2 heterocycles. The fourth-order valence-electron chi connectivity index (χ4n) is 2.69. The molecule has 7 heteroatoms. The number of aliphatic imine (C=N–C) groups is 1. The molecule has 0 aliphatic carbocycles. The second-order valence-electron chi connectivity index (χ2n) is 6.00. The van der Waals surface area contributed by atoms with Gasteiger partial charge in [-0.2, -0.15) is 11.8 Å². The lowest BCUT2D eigenvalue weighted by molar-refractivity contribution is 0.440. The summed E-state index contributed by atoms with van der Waals surface area (Å²) in [5.41, 5.74) is 0.819. The fourth-order valence-corrected chi connectivity index (χ4v) is 3.89. The normalized spacial score (nSPS) is 17.2. The average Bonchev–Trinajstić information content (AvgIpc) is 3.18. The molecule has 0 amide bonds. The largest absolute Gasteiger partial charge is 0.453 e. The molecule has 1 saturated heterocycles. The highest BCUT2D eigenvalue weighted by molar-refractivity contribution is 8.00. The molecule has 1 aromatic heterocycles. The summed E-state index contributed by atoms with van der Waals surface area (Å²) in [6.45, 7) is 1.39. The molecular formula is C19H23FN4OS. The highest BCUT2D eigenvalue weighted by atomic mass is 32.2. The summed E-state index contributed by atoms with van der Waals surface area (Å²) in [4.78, 5) is 8.17. The van der Waals surface area contributed by atoms with Crippen molar-refractivity contribution in [2.75, 3.05) is 19.3 Å². The SMILES string of the molecule is CN=C(NCc1ccc(Oc2cccnc2)c(F)c1)NCC1CCCS1. The topological polar surface area (TPSA) is 58.5 Å². The number of halogens is 1. The van der Waals surface area contributed by atoms with Gasteiger partial charge in [-0.05, 0) is 48.4 Å². The molecule has 1 unspecified atom stereocenters. The summed E-state index contributed by atoms with van der Waals surface area (Å²) >= 11 is 2.00. The molecule has 0 bridgehead atoms. The van der Waals surface area contributed by atoms with Crippen molar-refractivity contribution in [2.45, 2.75) is 24.6 Å². The van der Waals surface area contributed by atoms with E-state index in [1.165, 1.54) is 24.7 Å². The molecule has 2 aromatic rings. The van der Waals surface area contributed by atoms with Gasteiger partial charge in [0.05, 0.1) is 6.20 Å². The maximum atomic E-state index is 14.3. The van der Waals surface area contributed by atoms with Gasteiger partial charge >= 0.3 is 0 Å². The second-order valence-corrected chi connectivity index (χ2v) is 7.41. The van der Waals surface area contributed by atoms with Crippen LogP contribution in [0.15, 0.2) is 47.7 Å². The Hall–Kier alpha value is -2.28. The van der Waals surface area contributed by atoms with Crippen LogP contribution < -0.4 is 15.4 Å². The number of aromatic nitrogens is 1. The zero-order chi connectivity index (χ0) is 18.2. The summed E-state index contributed by atoms with van der Waals surface area (Å²) in [6, 6.07) is 8.42. The van der Waals surface area contributed by atoms with Crippen molar-refractivity contribution in [1.29, 1.82) is 0 Å². The summed E-state index contributed by atoms with van der Waals surface area (Å²) in [7, 11) is 1.74. The monoisotopic (exact) mass is 374 g/mol. The third kappa shape index (κ3) is 5.36. The van der Waals surface area contributed by atoms with Crippen LogP contribution in [0.25, 0.3) is 0 Å². The number of benzene rings is 1. The van der Waals surface area contributed by atoms with Gasteiger partial charge in [0, 0.05) is 31.6 Å². The van der Waals surface area contributed by atoms with Crippen molar-refractivity contribution < 1.29 is 9.13 Å². The number of ether oxygens (including phenoxy) is 1. The average molecular weight is 374 g/mol. The molecule has 1 fully saturated rings. The van der Waals surface area contributed by atoms with Crippen LogP contribution in [0.1, 0.15) is 18.4 Å². The first-order valence-electron chi connectivity index (χ1n) is 8.67. The van der Waals surface area contributed by atoms with Crippen molar-refractivity contribution in [3.05, 3.63) is 54.1 Å². The Kier molecular flexibility index (Phi) is 6.71. The van der Waals surface area contributed by atoms with E-state index in [0.717, 1.165) is 18.1 Å². The van der Waals surface area contributed by atoms with Crippen LogP contribution in [0.3, 0.4) is 0 Å². The molecule has 0 radical (unpaired) electrons. The van der Waals surface area contributed by atoms with Gasteiger partial charge in [-0.25, -0.2) is 4.39 Å². The Labute approximate surface area is 157 Å². The van der Waals surface area contributed by atoms with Gasteiger partial charge in [0.2, 0.25) is 0 Å². The van der Waals surface area contributed by atoms with Crippen molar-refractivity contribution in [2.24, 2.45) is 4.99 Å². The summed E-state index contributed by atoms with van der Waals surface area (Å²) in [5.74, 6) is 2.26. The lowest BCUT2D eigenvalue weighted by Crippen LogP contribution is -2.39. The van der Waals surface area contributed by atoms with Gasteiger partial charge < -0.3 is 15.4 Å². The van der Waals surface area contributed by atoms with E-state index in [1.807, 2.05) is 17.8 Å². The third-order valence-electron chi connectivity index (χ3n) is 4.06. The lowest BCUT2D eigenvalue weighted by Gasteiger charge is -2.15. The molecule has 5 nitrogen and oxygen atoms in total. The zero-order valence-electron chi connectivity index (χ0n) is 14.7. The highest BCUT2D eigenvalue weighted by Crippen LogP contribution is 2.25. The van der Waals surface area contributed by atoms with Crippen molar-refractivity contribution in [3.63, 3.8) is 0 Å². The number of pyridine rings is 1. The first-order valence-corrected chi connectivity index (χ1v) is 9.72. The minimum Gasteiger partial charge on any atom is -0.453 e. The van der Waals surface area contributed by atoms with Crippen LogP contribution in [-0.4, -0.2) is 35.5 Å². The summed E-state index contributed by atoms with van der Waals surface area (Å²) in [6.07, 6.45) is 5.73. The van der Waals surface area contributed by atoms with Crippen LogP contribution in [0.4, 0.5) is 4.39 Å². The first kappa shape index (κ1) is 18.5. The van der Waals surface area contributed by atoms with Gasteiger partial charge in [-0.1, -0.05) is 6.07 Å². The van der Waals surface area contributed by atoms with Gasteiger partial charge in [0.15, 0.2) is 17.5 Å². The zero-order valence-corrected chi connectivity index (χ0v) is 15.6. The minimum absolute atomic E-state index is 0.183. The Morgan fingerprint density at radius 1 is 1.38 bits per heavy atom. The van der Waals surface area contributed by atoms with E-state index in [0.29, 0.717) is 17.5 Å². The van der Waals surface area contributed by atoms with Gasteiger partial charge in [-0.3, -0.25) is 9.98 Å². The molecule has 3 rings (SSSR count). The molecule has 1 aromatic carbocycles. The summed E-state index contributed by atoms with van der Waals surface area (Å²) in [5, 5.41) is 7.20. The Balaban J connectivity index is 1.51. The number of thioether (sulfide) groups is 1. The van der Waals surface area contributed by atoms with E-state index in [4.69, 9.17) is 4.74 Å². The number of hydrogen-bond donors (Lipinski definition) is 2. The van der Waals surface area contributed by atoms with Crippen LogP contribution in [0, 0.1) is 5.82 Å². The number of rotatable bonds is 6. The van der Waals surface area contributed by atoms with E-state index in [9.17, 15) is 4.39 Å². The predicted molar refractivity (Wildman–Crippen MR) is 104 cm³/mol. The summed E-state index contributed by atoms with van der Waals surface area (Å²) < 4.78 is 19.8. The van der Waals surface area contributed by atoms with E-state index in [2.05, 4.69) is 20.6 Å². The van der Waals surface area contributed by atoms with Gasteiger partial charge in [0.1, 0.15) is 5.75 Å². The molecular weight excluding hydrogens is 351 g/mol. The van der Waals surface area contributed by atoms with Gasteiger partial charge in [0.25, 0.3) is 0 Å². The first-order chi connectivity index (χ1) is 12.7. The predicted octanol–water partition coefficient (Wildman–Crippen LogP) is 3.57. The van der Waals surface area contributed by atoms with E-state index < -0.39 is 5.82 Å². The lowest BCUT2D eigenvalue weighted by atomic mass is 10.2. The van der Waals surface area contributed by atoms with Crippen LogP contribution in [0.5, 0.6) is 11.5 Å². The Bertz CT molecular complexity index is 736. The quantitative estimate of drug-likeness (QED) is 0.598. The van der Waals surface area contributed by atoms with Gasteiger partial charge in [-0.15, -0.1) is 0 Å². The van der Waals surface area contributed by atoms with Crippen molar-refractivity contribution >= 4 is 17.7 Å². The number of nitrogens with one attached hydrogen (secondary N) is 2. The Morgan fingerprint density at radius 3 is 3.00 bits per heavy atom. The smallest absolute Gasteiger partial charge is 0.191 e. The second kappa shape index (κ2) is 9.43. The van der Waals surface area contributed by atoms with Crippen LogP contribution in [-0.2, 0) is 6.54 Å². The highest BCUT2D eigenvalue weighted by Gasteiger charge is 2.15. The number of guanidine groups is 1. The molecule has 0 spiro atoms. The number of hydrogen-bond acceptors (Lipinski definition) is 4. The molecule has 26 heavy (non-hydrogen) atoms. The maximum Gasteiger partial charge on any atom is 0.191 e. The third-order valence-corrected chi connectivity index (χ3v) is 5.46.